The van der Waals surface area contributed by atoms with Crippen LogP contribution in [-0.4, -0.2) is 130 Å². The lowest BCUT2D eigenvalue weighted by atomic mass is 9.93. The van der Waals surface area contributed by atoms with Crippen molar-refractivity contribution >= 4 is 35.7 Å². The van der Waals surface area contributed by atoms with Crippen LogP contribution in [0.5, 0.6) is 5.88 Å². The van der Waals surface area contributed by atoms with Crippen molar-refractivity contribution in [3.63, 3.8) is 0 Å². The number of amides is 5. The highest BCUT2D eigenvalue weighted by atomic mass is 16.6. The summed E-state index contributed by atoms with van der Waals surface area (Å²) in [6.07, 6.45) is 7.95. The summed E-state index contributed by atoms with van der Waals surface area (Å²) in [5.74, 6) is -1.65. The van der Waals surface area contributed by atoms with Gasteiger partial charge in [0.15, 0.2) is 12.3 Å². The second-order valence-corrected chi connectivity index (χ2v) is 14.4. The molecule has 2 saturated carbocycles. The van der Waals surface area contributed by atoms with Gasteiger partial charge in [0.1, 0.15) is 18.2 Å². The van der Waals surface area contributed by atoms with Crippen molar-refractivity contribution in [3.8, 4) is 11.6 Å². The molecule has 3 heterocycles. The Hall–Kier alpha value is -5.15. The molecule has 0 spiro atoms. The molecule has 1 aromatic carbocycles. The summed E-state index contributed by atoms with van der Waals surface area (Å²) >= 11 is 0. The van der Waals surface area contributed by atoms with E-state index in [2.05, 4.69) is 15.7 Å². The highest BCUT2D eigenvalue weighted by molar-refractivity contribution is 5.96. The summed E-state index contributed by atoms with van der Waals surface area (Å²) < 4.78 is 18.0. The quantitative estimate of drug-likeness (QED) is 0.203. The van der Waals surface area contributed by atoms with E-state index in [4.69, 9.17) is 14.2 Å². The van der Waals surface area contributed by atoms with E-state index in [0.717, 1.165) is 38.5 Å². The fourth-order valence-electron chi connectivity index (χ4n) is 6.93. The van der Waals surface area contributed by atoms with Crippen LogP contribution in [0.25, 0.3) is 5.69 Å². The molecule has 292 valence electrons. The first-order valence-electron chi connectivity index (χ1n) is 19.2. The summed E-state index contributed by atoms with van der Waals surface area (Å²) in [5, 5.41) is 10.4. The Morgan fingerprint density at radius 2 is 1.59 bits per heavy atom. The Morgan fingerprint density at radius 3 is 2.26 bits per heavy atom. The van der Waals surface area contributed by atoms with Gasteiger partial charge >= 0.3 is 12.1 Å². The molecule has 54 heavy (non-hydrogen) atoms. The van der Waals surface area contributed by atoms with Gasteiger partial charge in [-0.05, 0) is 82.8 Å². The molecule has 16 heteroatoms. The zero-order valence-electron chi connectivity index (χ0n) is 30.9. The molecule has 16 nitrogen and oxygen atoms in total. The van der Waals surface area contributed by atoms with Crippen molar-refractivity contribution in [1.82, 2.24) is 35.1 Å². The van der Waals surface area contributed by atoms with Gasteiger partial charge in [-0.25, -0.2) is 9.48 Å². The number of aromatic nitrogens is 2. The maximum Gasteiger partial charge on any atom is 0.410 e. The molecule has 2 aliphatic heterocycles. The number of ether oxygens (including phenoxy) is 3. The number of hydrogen-bond donors (Lipinski definition) is 2. The van der Waals surface area contributed by atoms with Crippen LogP contribution >= 0.6 is 0 Å². The van der Waals surface area contributed by atoms with Gasteiger partial charge in [-0.2, -0.15) is 5.10 Å². The summed E-state index contributed by atoms with van der Waals surface area (Å²) in [6, 6.07) is 9.13. The number of piperazine rings is 1. The van der Waals surface area contributed by atoms with Crippen LogP contribution < -0.4 is 15.4 Å². The largest absolute Gasteiger partial charge is 0.467 e. The molecule has 2 saturated heterocycles. The number of nitrogens with zero attached hydrogens (tertiary/aromatic N) is 5. The van der Waals surface area contributed by atoms with E-state index < -0.39 is 24.0 Å². The van der Waals surface area contributed by atoms with E-state index >= 15 is 0 Å². The van der Waals surface area contributed by atoms with Crippen LogP contribution in [-0.2, 0) is 28.7 Å². The first kappa shape index (κ1) is 38.6. The number of para-hydroxylation sites is 1. The second kappa shape index (κ2) is 18.3. The number of carbonyl (C=O) groups excluding carboxylic acids is 6. The zero-order valence-corrected chi connectivity index (χ0v) is 30.9. The smallest absolute Gasteiger partial charge is 0.410 e. The summed E-state index contributed by atoms with van der Waals surface area (Å²) in [5.41, 5.74) is 0.561. The first-order chi connectivity index (χ1) is 26.2. The number of rotatable bonds is 15. The number of carbonyl (C=O) groups is 6. The molecule has 4 fully saturated rings. The van der Waals surface area contributed by atoms with Gasteiger partial charge in [-0.1, -0.05) is 18.2 Å². The Morgan fingerprint density at radius 1 is 0.870 bits per heavy atom. The Kier molecular flexibility index (Phi) is 13.0. The van der Waals surface area contributed by atoms with Crippen LogP contribution in [0.15, 0.2) is 36.4 Å². The summed E-state index contributed by atoms with van der Waals surface area (Å²) in [7, 11) is 0. The second-order valence-electron chi connectivity index (χ2n) is 14.4. The lowest BCUT2D eigenvalue weighted by Crippen LogP contribution is -2.56. The predicted molar refractivity (Wildman–Crippen MR) is 194 cm³/mol. The van der Waals surface area contributed by atoms with Crippen LogP contribution in [0.3, 0.4) is 0 Å². The molecule has 2 aliphatic carbocycles. The van der Waals surface area contributed by atoms with Gasteiger partial charge in [0.05, 0.1) is 12.3 Å². The minimum Gasteiger partial charge on any atom is -0.467 e. The van der Waals surface area contributed by atoms with E-state index in [-0.39, 0.29) is 80.3 Å². The van der Waals surface area contributed by atoms with Crippen molar-refractivity contribution in [2.24, 2.45) is 0 Å². The third kappa shape index (κ3) is 9.88. The standard InChI is InChI=1S/C38H51N7O9/c1-26(46)52-23-6-5-16-30(37(50)42-19-21-43(22-20-42)38(51)54-29-14-8-15-29)40-35(48)31-24-34(45(41-31)28-12-3-2-4-13-28)53-25-33(47)44-18-9-17-32(44)36(49)39-27-10-7-11-27/h2-4,12-13,24,27,29-30,32H,5-11,14-23,25H2,1H3,(H,39,49)(H,40,48)/t30-,32-/m0/s1. The van der Waals surface area contributed by atoms with Crippen molar-refractivity contribution < 1.29 is 43.0 Å². The molecule has 6 rings (SSSR count). The first-order valence-corrected chi connectivity index (χ1v) is 19.2. The maximum absolute atomic E-state index is 13.9. The van der Waals surface area contributed by atoms with Crippen LogP contribution in [0.2, 0.25) is 0 Å². The molecule has 0 unspecified atom stereocenters. The summed E-state index contributed by atoms with van der Waals surface area (Å²) in [6.45, 7) is 2.80. The number of unbranched alkanes of at least 4 members (excludes halogenated alkanes) is 1. The monoisotopic (exact) mass is 749 g/mol. The maximum atomic E-state index is 13.9. The SMILES string of the molecule is CC(=O)OCCCC[C@H](NC(=O)c1cc(OCC(=O)N2CCC[C@H]2C(=O)NC2CCC2)n(-c2ccccc2)n1)C(=O)N1CCN(C(=O)OC2CCC2)CC1. The Bertz CT molecular complexity index is 1650. The average molecular weight is 750 g/mol. The van der Waals surface area contributed by atoms with Crippen molar-refractivity contribution in [2.45, 2.75) is 102 Å². The third-order valence-electron chi connectivity index (χ3n) is 10.5. The van der Waals surface area contributed by atoms with Crippen LogP contribution in [0.1, 0.15) is 88.0 Å². The molecular weight excluding hydrogens is 698 g/mol. The molecule has 2 atom stereocenters. The third-order valence-corrected chi connectivity index (χ3v) is 10.5. The van der Waals surface area contributed by atoms with Gasteiger partial charge < -0.3 is 39.5 Å². The molecule has 0 radical (unpaired) electrons. The lowest BCUT2D eigenvalue weighted by Gasteiger charge is -2.37. The molecule has 2 aromatic rings. The predicted octanol–water partition coefficient (Wildman–Crippen LogP) is 2.58. The average Bonchev–Trinajstić information content (AvgIpc) is 3.81. The summed E-state index contributed by atoms with van der Waals surface area (Å²) in [4.78, 5) is 82.6. The molecule has 4 aliphatic rings. The number of hydrogen-bond acceptors (Lipinski definition) is 10. The van der Waals surface area contributed by atoms with Crippen LogP contribution in [0, 0.1) is 0 Å². The van der Waals surface area contributed by atoms with Gasteiger partial charge in [0, 0.05) is 51.8 Å². The van der Waals surface area contributed by atoms with E-state index in [1.807, 2.05) is 6.07 Å². The van der Waals surface area contributed by atoms with E-state index in [1.54, 1.807) is 39.0 Å². The van der Waals surface area contributed by atoms with Gasteiger partial charge in [-0.3, -0.25) is 24.0 Å². The number of likely N-dealkylation sites (tertiary alicyclic amines) is 1. The molecular formula is C38H51N7O9. The van der Waals surface area contributed by atoms with Crippen molar-refractivity contribution in [1.29, 1.82) is 0 Å². The van der Waals surface area contributed by atoms with Gasteiger partial charge in [-0.15, -0.1) is 0 Å². The van der Waals surface area contributed by atoms with E-state index in [9.17, 15) is 28.8 Å². The minimum atomic E-state index is -0.922. The Labute approximate surface area is 314 Å². The highest BCUT2D eigenvalue weighted by Gasteiger charge is 2.36. The van der Waals surface area contributed by atoms with Crippen LogP contribution in [0.4, 0.5) is 4.79 Å². The van der Waals surface area contributed by atoms with Crippen molar-refractivity contribution in [3.05, 3.63) is 42.1 Å². The molecule has 2 N–H and O–H groups in total. The number of esters is 1. The Balaban J connectivity index is 1.11. The van der Waals surface area contributed by atoms with E-state index in [1.165, 1.54) is 17.7 Å². The van der Waals surface area contributed by atoms with Gasteiger partial charge in [0.2, 0.25) is 17.7 Å². The number of benzene rings is 1. The molecule has 5 amide bonds. The highest BCUT2D eigenvalue weighted by Crippen LogP contribution is 2.25. The molecule has 1 aromatic heterocycles. The fourth-order valence-corrected chi connectivity index (χ4v) is 6.93. The van der Waals surface area contributed by atoms with E-state index in [0.29, 0.717) is 51.0 Å². The van der Waals surface area contributed by atoms with Gasteiger partial charge in [0.25, 0.3) is 11.8 Å². The number of nitrogens with one attached hydrogen (secondary N) is 2. The fraction of sp³-hybridized carbons (Fsp3) is 0.605. The van der Waals surface area contributed by atoms with Crippen molar-refractivity contribution in [2.75, 3.05) is 45.9 Å². The lowest BCUT2D eigenvalue weighted by molar-refractivity contribution is -0.141. The normalized spacial score (nSPS) is 19.3. The zero-order chi connectivity index (χ0) is 38.0. The topological polar surface area (TPSA) is 182 Å². The minimum absolute atomic E-state index is 0.0264. The molecule has 0 bridgehead atoms.